The van der Waals surface area contributed by atoms with E-state index in [1.54, 1.807) is 0 Å². The maximum Gasteiger partial charge on any atom is 0.442 e. The molecule has 0 radical (unpaired) electrons. The lowest BCUT2D eigenvalue weighted by molar-refractivity contribution is -1.26. The van der Waals surface area contributed by atoms with Gasteiger partial charge in [-0.25, -0.2) is 4.79 Å². The van der Waals surface area contributed by atoms with Crippen LogP contribution in [0.1, 0.15) is 6.92 Å². The van der Waals surface area contributed by atoms with Gasteiger partial charge in [0.1, 0.15) is 0 Å². The van der Waals surface area contributed by atoms with Gasteiger partial charge in [0, 0.05) is 6.92 Å². The normalized spacial score (nSPS) is 8.25. The van der Waals surface area contributed by atoms with Crippen LogP contribution in [0.3, 0.4) is 0 Å². The lowest BCUT2D eigenvalue weighted by Gasteiger charge is -1.80. The lowest BCUT2D eigenvalue weighted by atomic mass is 10.5. The van der Waals surface area contributed by atoms with Crippen LogP contribution in [0.25, 0.3) is 0 Å². The van der Waals surface area contributed by atoms with Crippen LogP contribution in [-0.4, -0.2) is 11.8 Å². The van der Waals surface area contributed by atoms with Crippen LogP contribution in [-0.2, 0) is 13.9 Å². The Hall–Kier alpha value is -0.610. The summed E-state index contributed by atoms with van der Waals surface area (Å²) in [5.41, 5.74) is 0. The summed E-state index contributed by atoms with van der Waals surface area (Å²) in [7, 11) is 0. The van der Waals surface area contributed by atoms with Crippen molar-refractivity contribution >= 4 is 11.8 Å². The average molecular weight is 139 g/mol. The van der Waals surface area contributed by atoms with Gasteiger partial charge in [-0.05, 0) is 0 Å². The highest BCUT2D eigenvalue weighted by Gasteiger charge is 2.13. The lowest BCUT2D eigenvalue weighted by Crippen LogP contribution is -2.17. The van der Waals surface area contributed by atoms with Crippen molar-refractivity contribution in [1.82, 2.24) is 0 Å². The van der Waals surface area contributed by atoms with Crippen LogP contribution >= 0.6 is 0 Å². The third kappa shape index (κ3) is 2.54. The first-order chi connectivity index (χ1) is 3.68. The second kappa shape index (κ2) is 3.40. The Morgan fingerprint density at radius 1 is 1.62 bits per heavy atom. The predicted octanol–water partition coefficient (Wildman–Crippen LogP) is -1.61. The van der Waals surface area contributed by atoms with Crippen LogP contribution in [0.2, 0.25) is 0 Å². The van der Waals surface area contributed by atoms with Gasteiger partial charge < -0.3 is 4.66 Å². The molecule has 0 rings (SSSR count). The highest BCUT2D eigenvalue weighted by molar-refractivity contribution is 6.32. The molecular weight excluding hydrogens is 135 g/mol. The predicted molar refractivity (Wildman–Crippen MR) is 16.8 cm³/mol. The molecule has 8 heavy (non-hydrogen) atoms. The van der Waals surface area contributed by atoms with Gasteiger partial charge in [-0.2, -0.15) is 4.29 Å². The summed E-state index contributed by atoms with van der Waals surface area (Å²) in [5.74, 6) is -1.92. The van der Waals surface area contributed by atoms with E-state index < -0.39 is 11.8 Å². The van der Waals surface area contributed by atoms with E-state index in [9.17, 15) is 14.2 Å². The van der Waals surface area contributed by atoms with Crippen molar-refractivity contribution in [1.29, 1.82) is 0 Å². The number of carbonyl (C=O) groups is 2. The van der Waals surface area contributed by atoms with Gasteiger partial charge >= 0.3 is 17.3 Å². The quantitative estimate of drug-likeness (QED) is 0.431. The Morgan fingerprint density at radius 3 is 2.25 bits per heavy atom. The highest BCUT2D eigenvalue weighted by Crippen LogP contribution is 1.76. The van der Waals surface area contributed by atoms with Crippen LogP contribution < -0.4 is 4.66 Å². The molecule has 0 aliphatic rings. The molecule has 0 atom stereocenters. The van der Waals surface area contributed by atoms with E-state index in [0.717, 1.165) is 6.92 Å². The van der Waals surface area contributed by atoms with E-state index in [2.05, 4.69) is 4.29 Å². The Kier molecular flexibility index (Phi) is 3.14. The molecule has 5 heteroatoms. The number of Topliss-reactive ketones (excluding diaryl/α,β-unsaturated/α-hetero) is 1. The summed E-state index contributed by atoms with van der Waals surface area (Å²) in [6.45, 7) is 1.02. The van der Waals surface area contributed by atoms with Gasteiger partial charge in [-0.3, -0.25) is 4.79 Å². The molecule has 0 aliphatic heterocycles. The summed E-state index contributed by atoms with van der Waals surface area (Å²) < 4.78 is 12.9. The fourth-order valence-corrected chi connectivity index (χ4v) is 0.249. The van der Waals surface area contributed by atoms with Crippen molar-refractivity contribution in [3.63, 3.8) is 0 Å². The largest absolute Gasteiger partial charge is 0.495 e. The maximum absolute atomic E-state index is 9.94. The molecule has 0 saturated heterocycles. The van der Waals surface area contributed by atoms with E-state index in [1.807, 2.05) is 0 Å². The minimum Gasteiger partial charge on any atom is -0.495 e. The third-order valence-corrected chi connectivity index (χ3v) is 0.592. The van der Waals surface area contributed by atoms with Crippen molar-refractivity contribution in [3.05, 3.63) is 0 Å². The Balaban J connectivity index is 3.49. The van der Waals surface area contributed by atoms with Crippen LogP contribution in [0.5, 0.6) is 0 Å². The van der Waals surface area contributed by atoms with Gasteiger partial charge in [0.15, 0.2) is 0 Å². The maximum atomic E-state index is 9.94. The van der Waals surface area contributed by atoms with Crippen molar-refractivity contribution in [3.8, 4) is 0 Å². The van der Waals surface area contributed by atoms with Crippen molar-refractivity contribution in [2.24, 2.45) is 0 Å². The molecule has 0 unspecified atom stereocenters. The zero-order valence-corrected chi connectivity index (χ0v) is 4.77. The topological polar surface area (TPSA) is 66.4 Å². The van der Waals surface area contributed by atoms with E-state index in [4.69, 9.17) is 0 Å². The monoisotopic (exact) mass is 138 g/mol. The first-order valence-corrected chi connectivity index (χ1v) is 2.29. The molecule has 0 aliphatic carbocycles. The molecule has 0 aromatic carbocycles. The zero-order chi connectivity index (χ0) is 6.57. The fraction of sp³-hybridized carbons (Fsp3) is 0.333. The van der Waals surface area contributed by atoms with E-state index in [-0.39, 0.29) is 11.3 Å². The molecule has 46 valence electrons. The fourth-order valence-electron chi connectivity index (χ4n) is 0.0829. The average Bonchev–Trinajstić information content (AvgIpc) is 1.67. The molecule has 0 fully saturated rings. The second-order valence-electron chi connectivity index (χ2n) is 0.984. The molecule has 0 spiro atoms. The van der Waals surface area contributed by atoms with E-state index in [1.165, 1.54) is 0 Å². The number of rotatable bonds is 2. The van der Waals surface area contributed by atoms with Crippen molar-refractivity contribution in [2.45, 2.75) is 6.92 Å². The Bertz CT molecular complexity index is 110. The Labute approximate surface area is 49.5 Å². The van der Waals surface area contributed by atoms with Crippen LogP contribution in [0.15, 0.2) is 0 Å². The SMILES string of the molecule is CC(=O)C(=O)O[Cl+][O-]. The van der Waals surface area contributed by atoms with Crippen LogP contribution in [0.4, 0.5) is 0 Å². The smallest absolute Gasteiger partial charge is 0.442 e. The first-order valence-electron chi connectivity index (χ1n) is 1.67. The van der Waals surface area contributed by atoms with Gasteiger partial charge in [0.2, 0.25) is 5.78 Å². The van der Waals surface area contributed by atoms with Gasteiger partial charge in [-0.15, -0.1) is 0 Å². The summed E-state index contributed by atoms with van der Waals surface area (Å²) in [6, 6.07) is 0. The third-order valence-electron chi connectivity index (χ3n) is 0.389. The number of carbonyl (C=O) groups excluding carboxylic acids is 2. The standard InChI is InChI=1S/C3H3ClO4/c1-2(5)3(6)8-4-7/h1H3. The van der Waals surface area contributed by atoms with E-state index in [0.29, 0.717) is 0 Å². The van der Waals surface area contributed by atoms with Gasteiger partial charge in [0.25, 0.3) is 0 Å². The number of hydrogen-bond donors (Lipinski definition) is 0. The summed E-state index contributed by atoms with van der Waals surface area (Å²) in [6.07, 6.45) is 0. The van der Waals surface area contributed by atoms with Gasteiger partial charge in [0.05, 0.1) is 0 Å². The van der Waals surface area contributed by atoms with Crippen molar-refractivity contribution < 1.29 is 29.9 Å². The van der Waals surface area contributed by atoms with Crippen LogP contribution in [0, 0.1) is 11.3 Å². The summed E-state index contributed by atoms with van der Waals surface area (Å²) >= 11 is 0.0213. The highest BCUT2D eigenvalue weighted by atomic mass is 35.6. The molecule has 0 aromatic heterocycles. The van der Waals surface area contributed by atoms with Crippen molar-refractivity contribution in [2.75, 3.05) is 0 Å². The molecule has 0 saturated carbocycles. The molecule has 0 bridgehead atoms. The zero-order valence-electron chi connectivity index (χ0n) is 4.01. The van der Waals surface area contributed by atoms with E-state index >= 15 is 0 Å². The second-order valence-corrected chi connectivity index (χ2v) is 1.26. The molecule has 0 heterocycles. The summed E-state index contributed by atoms with van der Waals surface area (Å²) in [4.78, 5) is 19.8. The molecule has 0 aromatic rings. The number of hydrogen-bond acceptors (Lipinski definition) is 4. The molecule has 0 amide bonds. The van der Waals surface area contributed by atoms with Gasteiger partial charge in [-0.1, -0.05) is 0 Å². The number of ketones is 1. The molecule has 4 nitrogen and oxygen atoms in total. The summed E-state index contributed by atoms with van der Waals surface area (Å²) in [5, 5.41) is 0. The molecule has 0 N–H and O–H groups in total. The minimum atomic E-state index is -1.13. The minimum absolute atomic E-state index is 0.0213. The first kappa shape index (κ1) is 7.39. The number of halogens is 1. The molecular formula is C3H3ClO4. The Morgan fingerprint density at radius 2 is 2.12 bits per heavy atom.